The van der Waals surface area contributed by atoms with Crippen molar-refractivity contribution in [3.05, 3.63) is 35.9 Å². The summed E-state index contributed by atoms with van der Waals surface area (Å²) in [6, 6.07) is 10.4. The molecule has 2 heteroatoms. The molecule has 0 unspecified atom stereocenters. The third kappa shape index (κ3) is 1.82. The van der Waals surface area contributed by atoms with E-state index in [-0.39, 0.29) is 0 Å². The molecule has 0 saturated carbocycles. The predicted octanol–water partition coefficient (Wildman–Crippen LogP) is 3.83. The fourth-order valence-corrected chi connectivity index (χ4v) is 1.91. The van der Waals surface area contributed by atoms with Crippen LogP contribution in [0.3, 0.4) is 0 Å². The smallest absolute Gasteiger partial charge is 0.0529 e. The van der Waals surface area contributed by atoms with Crippen LogP contribution in [0, 0.1) is 0 Å². The molecule has 0 atom stereocenters. The standard InChI is InChI=1S/C13H15NS/c1-8(2)9-3-5-11-10(7-9)4-6-12(15)13(11)14/h3-8,15H,14H2,1-2H3. The highest BCUT2D eigenvalue weighted by molar-refractivity contribution is 7.80. The van der Waals surface area contributed by atoms with E-state index in [1.165, 1.54) is 10.9 Å². The molecular formula is C13H15NS. The van der Waals surface area contributed by atoms with Gasteiger partial charge in [0.1, 0.15) is 0 Å². The molecule has 1 nitrogen and oxygen atoms in total. The zero-order valence-electron chi connectivity index (χ0n) is 8.99. The summed E-state index contributed by atoms with van der Waals surface area (Å²) in [7, 11) is 0. The lowest BCUT2D eigenvalue weighted by molar-refractivity contribution is 0.869. The lowest BCUT2D eigenvalue weighted by Crippen LogP contribution is -1.91. The third-order valence-corrected chi connectivity index (χ3v) is 3.12. The van der Waals surface area contributed by atoms with Crippen molar-refractivity contribution in [1.82, 2.24) is 0 Å². The highest BCUT2D eigenvalue weighted by Crippen LogP contribution is 2.29. The van der Waals surface area contributed by atoms with Gasteiger partial charge in [-0.1, -0.05) is 38.1 Å². The van der Waals surface area contributed by atoms with E-state index in [1.54, 1.807) is 0 Å². The van der Waals surface area contributed by atoms with Crippen LogP contribution >= 0.6 is 12.6 Å². The van der Waals surface area contributed by atoms with Crippen LogP contribution in [-0.2, 0) is 0 Å². The molecule has 2 aromatic carbocycles. The van der Waals surface area contributed by atoms with Crippen molar-refractivity contribution < 1.29 is 0 Å². The van der Waals surface area contributed by atoms with Gasteiger partial charge in [0, 0.05) is 10.3 Å². The Balaban J connectivity index is 2.70. The van der Waals surface area contributed by atoms with Gasteiger partial charge in [-0.15, -0.1) is 12.6 Å². The van der Waals surface area contributed by atoms with Gasteiger partial charge in [-0.25, -0.2) is 0 Å². The molecule has 0 saturated heterocycles. The van der Waals surface area contributed by atoms with Gasteiger partial charge in [0.2, 0.25) is 0 Å². The monoisotopic (exact) mass is 217 g/mol. The summed E-state index contributed by atoms with van der Waals surface area (Å²) in [5.41, 5.74) is 8.08. The predicted molar refractivity (Wildman–Crippen MR) is 69.7 cm³/mol. The maximum Gasteiger partial charge on any atom is 0.0529 e. The molecule has 0 spiro atoms. The van der Waals surface area contributed by atoms with Crippen molar-refractivity contribution >= 4 is 29.1 Å². The van der Waals surface area contributed by atoms with Crippen LogP contribution in [0.2, 0.25) is 0 Å². The Hall–Kier alpha value is -1.15. The van der Waals surface area contributed by atoms with Crippen molar-refractivity contribution in [2.75, 3.05) is 5.73 Å². The number of benzene rings is 2. The molecule has 78 valence electrons. The fraction of sp³-hybridized carbons (Fsp3) is 0.231. The second-order valence-electron chi connectivity index (χ2n) is 4.13. The van der Waals surface area contributed by atoms with Gasteiger partial charge in [0.15, 0.2) is 0 Å². The Morgan fingerprint density at radius 2 is 1.87 bits per heavy atom. The summed E-state index contributed by atoms with van der Waals surface area (Å²) in [6.07, 6.45) is 0. The number of fused-ring (bicyclic) bond motifs is 1. The SMILES string of the molecule is CC(C)c1ccc2c(N)c(S)ccc2c1. The first-order chi connectivity index (χ1) is 7.09. The van der Waals surface area contributed by atoms with Crippen LogP contribution in [0.15, 0.2) is 35.2 Å². The van der Waals surface area contributed by atoms with Crippen molar-refractivity contribution in [2.45, 2.75) is 24.7 Å². The molecule has 2 N–H and O–H groups in total. The Kier molecular flexibility index (Phi) is 2.61. The average Bonchev–Trinajstić information content (AvgIpc) is 2.23. The normalized spacial score (nSPS) is 11.2. The van der Waals surface area contributed by atoms with Crippen LogP contribution in [0.1, 0.15) is 25.3 Å². The number of hydrogen-bond donors (Lipinski definition) is 2. The summed E-state index contributed by atoms with van der Waals surface area (Å²) < 4.78 is 0. The molecule has 2 rings (SSSR count). The molecule has 0 bridgehead atoms. The van der Waals surface area contributed by atoms with Gasteiger partial charge in [-0.05, 0) is 22.9 Å². The van der Waals surface area contributed by atoms with Gasteiger partial charge in [-0.2, -0.15) is 0 Å². The van der Waals surface area contributed by atoms with Crippen LogP contribution in [0.4, 0.5) is 5.69 Å². The first kappa shape index (κ1) is 10.4. The molecule has 0 aliphatic heterocycles. The third-order valence-electron chi connectivity index (χ3n) is 2.73. The zero-order chi connectivity index (χ0) is 11.0. The summed E-state index contributed by atoms with van der Waals surface area (Å²) >= 11 is 4.32. The van der Waals surface area contributed by atoms with E-state index >= 15 is 0 Å². The number of nitrogens with two attached hydrogens (primary N) is 1. The fourth-order valence-electron chi connectivity index (χ4n) is 1.72. The Morgan fingerprint density at radius 3 is 2.53 bits per heavy atom. The number of thiol groups is 1. The summed E-state index contributed by atoms with van der Waals surface area (Å²) in [5.74, 6) is 0.548. The maximum absolute atomic E-state index is 5.97. The Morgan fingerprint density at radius 1 is 1.13 bits per heavy atom. The van der Waals surface area contributed by atoms with E-state index in [4.69, 9.17) is 5.73 Å². The van der Waals surface area contributed by atoms with Crippen LogP contribution in [0.25, 0.3) is 10.8 Å². The molecule has 0 aromatic heterocycles. The minimum atomic E-state index is 0.548. The molecule has 15 heavy (non-hydrogen) atoms. The van der Waals surface area contributed by atoms with Crippen molar-refractivity contribution in [2.24, 2.45) is 0 Å². The quantitative estimate of drug-likeness (QED) is 0.551. The van der Waals surface area contributed by atoms with Crippen LogP contribution in [-0.4, -0.2) is 0 Å². The second kappa shape index (κ2) is 3.78. The van der Waals surface area contributed by atoms with Crippen molar-refractivity contribution in [3.63, 3.8) is 0 Å². The van der Waals surface area contributed by atoms with Crippen LogP contribution < -0.4 is 5.73 Å². The summed E-state index contributed by atoms with van der Waals surface area (Å²) in [4.78, 5) is 0.847. The maximum atomic E-state index is 5.97. The summed E-state index contributed by atoms with van der Waals surface area (Å²) in [6.45, 7) is 4.38. The van der Waals surface area contributed by atoms with E-state index in [0.29, 0.717) is 5.92 Å². The van der Waals surface area contributed by atoms with E-state index in [2.05, 4.69) is 50.7 Å². The van der Waals surface area contributed by atoms with Gasteiger partial charge < -0.3 is 5.73 Å². The van der Waals surface area contributed by atoms with Gasteiger partial charge in [-0.3, -0.25) is 0 Å². The van der Waals surface area contributed by atoms with Crippen molar-refractivity contribution in [3.8, 4) is 0 Å². The van der Waals surface area contributed by atoms with Gasteiger partial charge >= 0.3 is 0 Å². The van der Waals surface area contributed by atoms with E-state index in [0.717, 1.165) is 16.0 Å². The molecule has 0 amide bonds. The number of anilines is 1. The lowest BCUT2D eigenvalue weighted by Gasteiger charge is -2.09. The topological polar surface area (TPSA) is 26.0 Å². The first-order valence-corrected chi connectivity index (χ1v) is 5.55. The lowest BCUT2D eigenvalue weighted by atomic mass is 9.99. The summed E-state index contributed by atoms with van der Waals surface area (Å²) in [5, 5.41) is 2.28. The number of rotatable bonds is 1. The minimum absolute atomic E-state index is 0.548. The Bertz CT molecular complexity index is 503. The molecular weight excluding hydrogens is 202 g/mol. The molecule has 0 heterocycles. The minimum Gasteiger partial charge on any atom is -0.397 e. The number of hydrogen-bond acceptors (Lipinski definition) is 2. The largest absolute Gasteiger partial charge is 0.397 e. The molecule has 0 aliphatic carbocycles. The van der Waals surface area contributed by atoms with Gasteiger partial charge in [0.25, 0.3) is 0 Å². The number of nitrogen functional groups attached to an aromatic ring is 1. The molecule has 0 fully saturated rings. The van der Waals surface area contributed by atoms with E-state index < -0.39 is 0 Å². The molecule has 0 aliphatic rings. The van der Waals surface area contributed by atoms with Crippen LogP contribution in [0.5, 0.6) is 0 Å². The van der Waals surface area contributed by atoms with Crippen molar-refractivity contribution in [1.29, 1.82) is 0 Å². The van der Waals surface area contributed by atoms with E-state index in [9.17, 15) is 0 Å². The highest BCUT2D eigenvalue weighted by Gasteiger charge is 2.04. The second-order valence-corrected chi connectivity index (χ2v) is 4.62. The Labute approximate surface area is 95.7 Å². The van der Waals surface area contributed by atoms with E-state index in [1.807, 2.05) is 6.07 Å². The average molecular weight is 217 g/mol. The first-order valence-electron chi connectivity index (χ1n) is 5.10. The molecule has 0 radical (unpaired) electrons. The van der Waals surface area contributed by atoms with Gasteiger partial charge in [0.05, 0.1) is 5.69 Å². The molecule has 2 aromatic rings. The highest BCUT2D eigenvalue weighted by atomic mass is 32.1. The zero-order valence-corrected chi connectivity index (χ0v) is 9.88.